The van der Waals surface area contributed by atoms with Crippen LogP contribution >= 0.6 is 0 Å². The molecule has 4 N–H and O–H groups in total. The summed E-state index contributed by atoms with van der Waals surface area (Å²) in [5.74, 6) is -0.317. The second-order valence-corrected chi connectivity index (χ2v) is 3.08. The molecule has 2 aromatic heterocycles. The fourth-order valence-corrected chi connectivity index (χ4v) is 1.37. The molecule has 0 aromatic carbocycles. The van der Waals surface area contributed by atoms with Crippen LogP contribution in [-0.2, 0) is 0 Å². The molecule has 1 atom stereocenters. The van der Waals surface area contributed by atoms with Crippen LogP contribution in [-0.4, -0.2) is 14.5 Å². The van der Waals surface area contributed by atoms with Crippen LogP contribution in [0.5, 0.6) is 0 Å². The maximum Gasteiger partial charge on any atom is 0.154 e. The first-order valence-electron chi connectivity index (χ1n) is 4.13. The Balaban J connectivity index is 2.84. The Morgan fingerprint density at radius 3 is 2.86 bits per heavy atom. The minimum atomic E-state index is -0.449. The van der Waals surface area contributed by atoms with Gasteiger partial charge in [0.1, 0.15) is 17.8 Å². The van der Waals surface area contributed by atoms with E-state index in [9.17, 15) is 4.39 Å². The van der Waals surface area contributed by atoms with Crippen LogP contribution in [0.4, 0.5) is 10.2 Å². The average molecular weight is 195 g/mol. The van der Waals surface area contributed by atoms with Crippen LogP contribution < -0.4 is 11.5 Å². The van der Waals surface area contributed by atoms with Gasteiger partial charge in [-0.2, -0.15) is 0 Å². The van der Waals surface area contributed by atoms with Gasteiger partial charge in [-0.1, -0.05) is 0 Å². The third kappa shape index (κ3) is 1.12. The molecule has 0 aliphatic heterocycles. The summed E-state index contributed by atoms with van der Waals surface area (Å²) in [5.41, 5.74) is 11.6. The number of hydrogen-bond donors (Lipinski definition) is 2. The first-order valence-corrected chi connectivity index (χ1v) is 4.13. The van der Waals surface area contributed by atoms with Gasteiger partial charge in [0, 0.05) is 6.20 Å². The predicted octanol–water partition coefficient (Wildman–Crippen LogP) is 0.630. The van der Waals surface area contributed by atoms with Crippen molar-refractivity contribution < 1.29 is 4.39 Å². The molecule has 0 bridgehead atoms. The van der Waals surface area contributed by atoms with Gasteiger partial charge in [-0.05, 0) is 6.92 Å². The first-order chi connectivity index (χ1) is 6.61. The smallest absolute Gasteiger partial charge is 0.154 e. The SMILES string of the molecule is CC(N)n1cc(F)c2c(N)ncnc21. The Morgan fingerprint density at radius 2 is 2.21 bits per heavy atom. The van der Waals surface area contributed by atoms with Crippen molar-refractivity contribution in [2.24, 2.45) is 5.73 Å². The number of nitrogen functional groups attached to an aromatic ring is 1. The van der Waals surface area contributed by atoms with Crippen LogP contribution in [0.3, 0.4) is 0 Å². The van der Waals surface area contributed by atoms with Crippen molar-refractivity contribution in [2.45, 2.75) is 13.1 Å². The summed E-state index contributed by atoms with van der Waals surface area (Å²) < 4.78 is 14.9. The molecule has 5 nitrogen and oxygen atoms in total. The van der Waals surface area contributed by atoms with Gasteiger partial charge in [0.25, 0.3) is 0 Å². The Morgan fingerprint density at radius 1 is 1.50 bits per heavy atom. The first kappa shape index (κ1) is 8.89. The predicted molar refractivity (Wildman–Crippen MR) is 50.8 cm³/mol. The van der Waals surface area contributed by atoms with Gasteiger partial charge in [0.2, 0.25) is 0 Å². The molecule has 0 spiro atoms. The van der Waals surface area contributed by atoms with Crippen LogP contribution in [0, 0.1) is 5.82 Å². The topological polar surface area (TPSA) is 82.8 Å². The molecule has 14 heavy (non-hydrogen) atoms. The minimum absolute atomic E-state index is 0.131. The molecule has 0 aliphatic carbocycles. The van der Waals surface area contributed by atoms with E-state index in [4.69, 9.17) is 11.5 Å². The number of rotatable bonds is 1. The van der Waals surface area contributed by atoms with Crippen molar-refractivity contribution >= 4 is 16.9 Å². The Hall–Kier alpha value is -1.69. The van der Waals surface area contributed by atoms with Crippen LogP contribution in [0.1, 0.15) is 13.1 Å². The van der Waals surface area contributed by atoms with E-state index >= 15 is 0 Å². The molecule has 1 unspecified atom stereocenters. The van der Waals surface area contributed by atoms with Crippen LogP contribution in [0.25, 0.3) is 11.0 Å². The maximum absolute atomic E-state index is 13.4. The average Bonchev–Trinajstić information content (AvgIpc) is 2.45. The highest BCUT2D eigenvalue weighted by molar-refractivity contribution is 5.86. The summed E-state index contributed by atoms with van der Waals surface area (Å²) in [6.45, 7) is 1.73. The zero-order valence-corrected chi connectivity index (χ0v) is 7.61. The number of fused-ring (bicyclic) bond motifs is 1. The lowest BCUT2D eigenvalue weighted by Gasteiger charge is -2.07. The van der Waals surface area contributed by atoms with Gasteiger partial charge >= 0.3 is 0 Å². The number of hydrogen-bond acceptors (Lipinski definition) is 4. The molecule has 2 rings (SSSR count). The summed E-state index contributed by atoms with van der Waals surface area (Å²) >= 11 is 0. The van der Waals surface area contributed by atoms with E-state index in [-0.39, 0.29) is 17.4 Å². The molecule has 2 aromatic rings. The monoisotopic (exact) mass is 195 g/mol. The molecule has 2 heterocycles. The van der Waals surface area contributed by atoms with Crippen LogP contribution in [0.2, 0.25) is 0 Å². The molecule has 0 aliphatic rings. The lowest BCUT2D eigenvalue weighted by Crippen LogP contribution is -2.13. The molecular formula is C8H10FN5. The number of anilines is 1. The van der Waals surface area contributed by atoms with Gasteiger partial charge in [-0.25, -0.2) is 14.4 Å². The lowest BCUT2D eigenvalue weighted by atomic mass is 10.4. The van der Waals surface area contributed by atoms with Crippen molar-refractivity contribution in [1.82, 2.24) is 14.5 Å². The van der Waals surface area contributed by atoms with Crippen molar-refractivity contribution in [3.63, 3.8) is 0 Å². The van der Waals surface area contributed by atoms with E-state index in [2.05, 4.69) is 9.97 Å². The van der Waals surface area contributed by atoms with E-state index in [1.165, 1.54) is 17.1 Å². The van der Waals surface area contributed by atoms with Gasteiger partial charge < -0.3 is 16.0 Å². The van der Waals surface area contributed by atoms with Crippen LogP contribution in [0.15, 0.2) is 12.5 Å². The van der Waals surface area contributed by atoms with Crippen molar-refractivity contribution in [2.75, 3.05) is 5.73 Å². The molecular weight excluding hydrogens is 185 g/mol. The fraction of sp³-hybridized carbons (Fsp3) is 0.250. The van der Waals surface area contributed by atoms with Gasteiger partial charge in [-0.3, -0.25) is 0 Å². The van der Waals surface area contributed by atoms with E-state index in [1.807, 2.05) is 0 Å². The van der Waals surface area contributed by atoms with Crippen molar-refractivity contribution in [3.8, 4) is 0 Å². The summed E-state index contributed by atoms with van der Waals surface area (Å²) in [7, 11) is 0. The summed E-state index contributed by atoms with van der Waals surface area (Å²) in [4.78, 5) is 7.65. The summed E-state index contributed by atoms with van der Waals surface area (Å²) in [6.07, 6.45) is 2.22. The van der Waals surface area contributed by atoms with E-state index < -0.39 is 5.82 Å². The quantitative estimate of drug-likeness (QED) is 0.699. The molecule has 0 amide bonds. The number of aromatic nitrogens is 3. The molecule has 74 valence electrons. The van der Waals surface area contributed by atoms with E-state index in [0.29, 0.717) is 5.65 Å². The molecule has 0 saturated carbocycles. The minimum Gasteiger partial charge on any atom is -0.383 e. The van der Waals surface area contributed by atoms with Gasteiger partial charge in [0.15, 0.2) is 5.82 Å². The normalized spacial score (nSPS) is 13.4. The Kier molecular flexibility index (Phi) is 1.85. The zero-order valence-electron chi connectivity index (χ0n) is 7.61. The fourth-order valence-electron chi connectivity index (χ4n) is 1.37. The maximum atomic E-state index is 13.4. The summed E-state index contributed by atoms with van der Waals surface area (Å²) in [6, 6.07) is 0. The van der Waals surface area contributed by atoms with E-state index in [1.54, 1.807) is 6.92 Å². The van der Waals surface area contributed by atoms with Crippen molar-refractivity contribution in [1.29, 1.82) is 0 Å². The summed E-state index contributed by atoms with van der Waals surface area (Å²) in [5, 5.41) is 0.227. The molecule has 0 saturated heterocycles. The Labute approximate surface area is 79.5 Å². The second kappa shape index (κ2) is 2.91. The highest BCUT2D eigenvalue weighted by Gasteiger charge is 2.14. The molecule has 0 radical (unpaired) electrons. The van der Waals surface area contributed by atoms with Gasteiger partial charge in [0.05, 0.1) is 11.6 Å². The molecule has 0 fully saturated rings. The third-order valence-electron chi connectivity index (χ3n) is 2.03. The largest absolute Gasteiger partial charge is 0.383 e. The van der Waals surface area contributed by atoms with Gasteiger partial charge in [-0.15, -0.1) is 0 Å². The Bertz CT molecular complexity index is 476. The molecule has 6 heteroatoms. The highest BCUT2D eigenvalue weighted by atomic mass is 19.1. The lowest BCUT2D eigenvalue weighted by molar-refractivity contribution is 0.565. The number of nitrogens with zero attached hydrogens (tertiary/aromatic N) is 3. The third-order valence-corrected chi connectivity index (χ3v) is 2.03. The second-order valence-electron chi connectivity index (χ2n) is 3.08. The number of halogens is 1. The zero-order chi connectivity index (χ0) is 10.3. The van der Waals surface area contributed by atoms with E-state index in [0.717, 1.165) is 0 Å². The standard InChI is InChI=1S/C8H10FN5/c1-4(10)14-2-5(9)6-7(11)12-3-13-8(6)14/h2-4H,10H2,1H3,(H2,11,12,13). The number of nitrogens with two attached hydrogens (primary N) is 2. The van der Waals surface area contributed by atoms with Crippen molar-refractivity contribution in [3.05, 3.63) is 18.3 Å². The highest BCUT2D eigenvalue weighted by Crippen LogP contribution is 2.23.